The van der Waals surface area contributed by atoms with Gasteiger partial charge in [0.05, 0.1) is 12.9 Å². The Morgan fingerprint density at radius 2 is 1.74 bits per heavy atom. The van der Waals surface area contributed by atoms with Crippen molar-refractivity contribution in [2.45, 2.75) is 5.75 Å². The highest BCUT2D eigenvalue weighted by atomic mass is 32.2. The molecule has 0 atom stereocenters. The van der Waals surface area contributed by atoms with Crippen LogP contribution in [0.4, 0.5) is 4.39 Å². The van der Waals surface area contributed by atoms with E-state index in [2.05, 4.69) is 0 Å². The number of halogens is 1. The molecule has 3 rings (SSSR count). The Bertz CT molecular complexity index is 908. The zero-order chi connectivity index (χ0) is 19.4. The monoisotopic (exact) mass is 392 g/mol. The normalized spacial score (nSPS) is 15.6. The van der Waals surface area contributed by atoms with Gasteiger partial charge in [-0.15, -0.1) is 0 Å². The zero-order valence-corrected chi connectivity index (χ0v) is 15.8. The first kappa shape index (κ1) is 19.3. The van der Waals surface area contributed by atoms with Gasteiger partial charge in [-0.25, -0.2) is 12.8 Å². The molecule has 0 bridgehead atoms. The predicted octanol–water partition coefficient (Wildman–Crippen LogP) is 2.12. The van der Waals surface area contributed by atoms with Gasteiger partial charge in [-0.05, 0) is 35.9 Å². The van der Waals surface area contributed by atoms with E-state index in [1.165, 1.54) is 35.7 Å². The number of carbonyl (C=O) groups is 1. The summed E-state index contributed by atoms with van der Waals surface area (Å²) in [5.41, 5.74) is 1.04. The molecule has 0 spiro atoms. The zero-order valence-electron chi connectivity index (χ0n) is 15.0. The van der Waals surface area contributed by atoms with Crippen molar-refractivity contribution < 1.29 is 22.3 Å². The summed E-state index contributed by atoms with van der Waals surface area (Å²) < 4.78 is 44.7. The van der Waals surface area contributed by atoms with Crippen LogP contribution in [0.1, 0.15) is 15.9 Å². The molecule has 1 heterocycles. The van der Waals surface area contributed by atoms with Gasteiger partial charge >= 0.3 is 0 Å². The van der Waals surface area contributed by atoms with Crippen molar-refractivity contribution in [3.8, 4) is 5.75 Å². The SMILES string of the molecule is COc1cccc(C(=O)N2CCN(S(=O)(=O)Cc3ccc(F)cc3)CC2)c1. The maximum absolute atomic E-state index is 13.0. The fraction of sp³-hybridized carbons (Fsp3) is 0.316. The number of hydrogen-bond donors (Lipinski definition) is 0. The molecule has 0 N–H and O–H groups in total. The van der Waals surface area contributed by atoms with E-state index in [-0.39, 0.29) is 24.7 Å². The summed E-state index contributed by atoms with van der Waals surface area (Å²) in [6.07, 6.45) is 0. The second-order valence-corrected chi connectivity index (χ2v) is 8.27. The lowest BCUT2D eigenvalue weighted by molar-refractivity contribution is 0.0697. The quantitative estimate of drug-likeness (QED) is 0.782. The van der Waals surface area contributed by atoms with E-state index in [0.29, 0.717) is 30.0 Å². The Hall–Kier alpha value is -2.45. The topological polar surface area (TPSA) is 66.9 Å². The first-order valence-electron chi connectivity index (χ1n) is 8.54. The largest absolute Gasteiger partial charge is 0.497 e. The van der Waals surface area contributed by atoms with Crippen molar-refractivity contribution in [2.24, 2.45) is 0 Å². The smallest absolute Gasteiger partial charge is 0.254 e. The van der Waals surface area contributed by atoms with Gasteiger partial charge in [-0.1, -0.05) is 18.2 Å². The van der Waals surface area contributed by atoms with Crippen LogP contribution in [0.25, 0.3) is 0 Å². The summed E-state index contributed by atoms with van der Waals surface area (Å²) in [6, 6.07) is 12.3. The molecule has 1 amide bonds. The van der Waals surface area contributed by atoms with Crippen LogP contribution in [0.2, 0.25) is 0 Å². The highest BCUT2D eigenvalue weighted by Crippen LogP contribution is 2.18. The Morgan fingerprint density at radius 3 is 2.37 bits per heavy atom. The maximum atomic E-state index is 13.0. The van der Waals surface area contributed by atoms with Gasteiger partial charge in [0, 0.05) is 31.7 Å². The summed E-state index contributed by atoms with van der Waals surface area (Å²) >= 11 is 0. The molecule has 6 nitrogen and oxygen atoms in total. The van der Waals surface area contributed by atoms with Gasteiger partial charge in [-0.3, -0.25) is 4.79 Å². The first-order chi connectivity index (χ1) is 12.9. The third kappa shape index (κ3) is 4.64. The minimum absolute atomic E-state index is 0.149. The van der Waals surface area contributed by atoms with Gasteiger partial charge in [-0.2, -0.15) is 4.31 Å². The minimum atomic E-state index is -3.52. The predicted molar refractivity (Wildman–Crippen MR) is 99.5 cm³/mol. The Labute approximate surface area is 158 Å². The van der Waals surface area contributed by atoms with Crippen molar-refractivity contribution in [3.63, 3.8) is 0 Å². The molecule has 1 saturated heterocycles. The van der Waals surface area contributed by atoms with Gasteiger partial charge in [0.1, 0.15) is 11.6 Å². The van der Waals surface area contributed by atoms with Crippen LogP contribution in [0.5, 0.6) is 5.75 Å². The van der Waals surface area contributed by atoms with Crippen LogP contribution < -0.4 is 4.74 Å². The third-order valence-electron chi connectivity index (χ3n) is 4.50. The highest BCUT2D eigenvalue weighted by Gasteiger charge is 2.29. The molecular formula is C19H21FN2O4S. The second kappa shape index (κ2) is 8.06. The number of rotatable bonds is 5. The molecule has 0 aromatic heterocycles. The number of carbonyl (C=O) groups excluding carboxylic acids is 1. The summed E-state index contributed by atoms with van der Waals surface area (Å²) in [7, 11) is -1.98. The molecule has 8 heteroatoms. The standard InChI is InChI=1S/C19H21FN2O4S/c1-26-18-4-2-3-16(13-18)19(23)21-9-11-22(12-10-21)27(24,25)14-15-5-7-17(20)8-6-15/h2-8,13H,9-12,14H2,1H3. The summed E-state index contributed by atoms with van der Waals surface area (Å²) in [5.74, 6) is -0.136. The van der Waals surface area contributed by atoms with Crippen molar-refractivity contribution in [1.82, 2.24) is 9.21 Å². The lowest BCUT2D eigenvalue weighted by Gasteiger charge is -2.34. The average Bonchev–Trinajstić information content (AvgIpc) is 2.69. The fourth-order valence-corrected chi connectivity index (χ4v) is 4.51. The number of benzene rings is 2. The molecular weight excluding hydrogens is 371 g/mol. The molecule has 27 heavy (non-hydrogen) atoms. The molecule has 1 fully saturated rings. The molecule has 0 unspecified atom stereocenters. The van der Waals surface area contributed by atoms with E-state index in [1.54, 1.807) is 29.2 Å². The van der Waals surface area contributed by atoms with Crippen LogP contribution in [0.3, 0.4) is 0 Å². The molecule has 0 aliphatic carbocycles. The molecule has 2 aromatic rings. The Kier molecular flexibility index (Phi) is 5.76. The number of methoxy groups -OCH3 is 1. The van der Waals surface area contributed by atoms with E-state index in [9.17, 15) is 17.6 Å². The Morgan fingerprint density at radius 1 is 1.07 bits per heavy atom. The highest BCUT2D eigenvalue weighted by molar-refractivity contribution is 7.88. The summed E-state index contributed by atoms with van der Waals surface area (Å²) in [4.78, 5) is 14.3. The van der Waals surface area contributed by atoms with Crippen molar-refractivity contribution in [1.29, 1.82) is 0 Å². The number of nitrogens with zero attached hydrogens (tertiary/aromatic N) is 2. The number of amides is 1. The second-order valence-electron chi connectivity index (χ2n) is 6.31. The van der Waals surface area contributed by atoms with Crippen LogP contribution in [-0.4, -0.2) is 56.8 Å². The van der Waals surface area contributed by atoms with Crippen molar-refractivity contribution in [3.05, 3.63) is 65.5 Å². The molecule has 2 aromatic carbocycles. The number of hydrogen-bond acceptors (Lipinski definition) is 4. The van der Waals surface area contributed by atoms with Gasteiger partial charge in [0.15, 0.2) is 0 Å². The van der Waals surface area contributed by atoms with Crippen molar-refractivity contribution in [2.75, 3.05) is 33.3 Å². The van der Waals surface area contributed by atoms with Crippen LogP contribution in [-0.2, 0) is 15.8 Å². The molecule has 1 aliphatic heterocycles. The average molecular weight is 392 g/mol. The maximum Gasteiger partial charge on any atom is 0.254 e. The van der Waals surface area contributed by atoms with E-state index < -0.39 is 15.8 Å². The van der Waals surface area contributed by atoms with Crippen molar-refractivity contribution >= 4 is 15.9 Å². The fourth-order valence-electron chi connectivity index (χ4n) is 2.99. The van der Waals surface area contributed by atoms with Gasteiger partial charge in [0.25, 0.3) is 5.91 Å². The molecule has 1 aliphatic rings. The first-order valence-corrected chi connectivity index (χ1v) is 10.2. The lowest BCUT2D eigenvalue weighted by Crippen LogP contribution is -2.50. The number of piperazine rings is 1. The summed E-state index contributed by atoms with van der Waals surface area (Å²) in [5, 5.41) is 0. The van der Waals surface area contributed by atoms with E-state index in [0.717, 1.165) is 0 Å². The molecule has 0 saturated carbocycles. The minimum Gasteiger partial charge on any atom is -0.497 e. The number of ether oxygens (including phenoxy) is 1. The van der Waals surface area contributed by atoms with Crippen LogP contribution >= 0.6 is 0 Å². The van der Waals surface area contributed by atoms with E-state index in [1.807, 2.05) is 0 Å². The van der Waals surface area contributed by atoms with Gasteiger partial charge < -0.3 is 9.64 Å². The summed E-state index contributed by atoms with van der Waals surface area (Å²) in [6.45, 7) is 1.11. The van der Waals surface area contributed by atoms with Crippen LogP contribution in [0.15, 0.2) is 48.5 Å². The lowest BCUT2D eigenvalue weighted by atomic mass is 10.1. The number of sulfonamides is 1. The van der Waals surface area contributed by atoms with Crippen LogP contribution in [0, 0.1) is 5.82 Å². The van der Waals surface area contributed by atoms with E-state index in [4.69, 9.17) is 4.74 Å². The molecule has 0 radical (unpaired) electrons. The van der Waals surface area contributed by atoms with Gasteiger partial charge in [0.2, 0.25) is 10.0 Å². The third-order valence-corrected chi connectivity index (χ3v) is 6.35. The Balaban J connectivity index is 1.62. The molecule has 144 valence electrons. The van der Waals surface area contributed by atoms with E-state index >= 15 is 0 Å².